The average Bonchev–Trinajstić information content (AvgIpc) is 2.68. The van der Waals surface area contributed by atoms with Crippen molar-refractivity contribution in [3.05, 3.63) is 29.8 Å². The molecule has 11 heteroatoms. The number of esters is 1. The van der Waals surface area contributed by atoms with Crippen LogP contribution in [0.3, 0.4) is 0 Å². The smallest absolute Gasteiger partial charge is 0.338 e. The highest BCUT2D eigenvalue weighted by molar-refractivity contribution is 7.89. The number of sulfonamides is 1. The summed E-state index contributed by atoms with van der Waals surface area (Å²) in [5.74, 6) is -1.58. The molecule has 1 heterocycles. The molecule has 2 rings (SSSR count). The van der Waals surface area contributed by atoms with Crippen molar-refractivity contribution in [3.63, 3.8) is 0 Å². The Bertz CT molecular complexity index is 818. The van der Waals surface area contributed by atoms with Crippen LogP contribution in [0.2, 0.25) is 0 Å². The number of morpholine rings is 1. The van der Waals surface area contributed by atoms with Crippen LogP contribution < -0.4 is 10.6 Å². The molecule has 0 aliphatic carbocycles. The molecule has 0 spiro atoms. The Labute approximate surface area is 163 Å². The van der Waals surface area contributed by atoms with Crippen LogP contribution in [0.15, 0.2) is 29.2 Å². The summed E-state index contributed by atoms with van der Waals surface area (Å²) < 4.78 is 36.6. The Kier molecular flexibility index (Phi) is 7.49. The van der Waals surface area contributed by atoms with Gasteiger partial charge in [0.15, 0.2) is 6.10 Å². The third kappa shape index (κ3) is 5.50. The lowest BCUT2D eigenvalue weighted by atomic mass is 10.2. The lowest BCUT2D eigenvalue weighted by Crippen LogP contribution is -2.44. The van der Waals surface area contributed by atoms with E-state index in [9.17, 15) is 22.8 Å². The summed E-state index contributed by atoms with van der Waals surface area (Å²) in [6, 6.07) is 4.54. The predicted molar refractivity (Wildman–Crippen MR) is 98.1 cm³/mol. The van der Waals surface area contributed by atoms with Crippen LogP contribution in [0.25, 0.3) is 0 Å². The van der Waals surface area contributed by atoms with Crippen molar-refractivity contribution >= 4 is 27.9 Å². The van der Waals surface area contributed by atoms with Gasteiger partial charge in [-0.2, -0.15) is 4.31 Å². The largest absolute Gasteiger partial charge is 0.449 e. The fraction of sp³-hybridized carbons (Fsp3) is 0.471. The summed E-state index contributed by atoms with van der Waals surface area (Å²) in [4.78, 5) is 35.3. The molecule has 1 fully saturated rings. The van der Waals surface area contributed by atoms with Crippen LogP contribution in [-0.2, 0) is 24.3 Å². The molecule has 0 aromatic heterocycles. The van der Waals surface area contributed by atoms with Gasteiger partial charge in [-0.05, 0) is 38.1 Å². The topological polar surface area (TPSA) is 131 Å². The van der Waals surface area contributed by atoms with E-state index in [0.717, 1.165) is 0 Å². The second kappa shape index (κ2) is 9.62. The summed E-state index contributed by atoms with van der Waals surface area (Å²) in [7, 11) is -3.67. The number of rotatable bonds is 6. The van der Waals surface area contributed by atoms with Crippen molar-refractivity contribution in [2.45, 2.75) is 24.8 Å². The number of ether oxygens (including phenoxy) is 2. The minimum absolute atomic E-state index is 0.0491. The third-order valence-electron chi connectivity index (χ3n) is 3.92. The van der Waals surface area contributed by atoms with Gasteiger partial charge < -0.3 is 14.8 Å². The van der Waals surface area contributed by atoms with Gasteiger partial charge in [0.05, 0.1) is 23.7 Å². The molecule has 0 saturated carbocycles. The zero-order valence-electron chi connectivity index (χ0n) is 15.6. The molecule has 0 bridgehead atoms. The lowest BCUT2D eigenvalue weighted by Gasteiger charge is -2.26. The SMILES string of the molecule is CCNC(=O)NC(=O)C(C)OC(=O)c1ccc(S(=O)(=O)N2CCOCC2)cc1. The molecule has 1 aromatic rings. The number of nitrogens with one attached hydrogen (secondary N) is 2. The van der Waals surface area contributed by atoms with E-state index in [1.165, 1.54) is 35.5 Å². The van der Waals surface area contributed by atoms with Gasteiger partial charge in [-0.15, -0.1) is 0 Å². The molecule has 0 radical (unpaired) electrons. The van der Waals surface area contributed by atoms with E-state index in [-0.39, 0.29) is 23.5 Å². The monoisotopic (exact) mass is 413 g/mol. The second-order valence-electron chi connectivity index (χ2n) is 5.94. The van der Waals surface area contributed by atoms with Gasteiger partial charge >= 0.3 is 12.0 Å². The van der Waals surface area contributed by atoms with Gasteiger partial charge in [-0.25, -0.2) is 18.0 Å². The van der Waals surface area contributed by atoms with Gasteiger partial charge in [0, 0.05) is 19.6 Å². The van der Waals surface area contributed by atoms with Gasteiger partial charge in [0.2, 0.25) is 10.0 Å². The maximum absolute atomic E-state index is 12.6. The van der Waals surface area contributed by atoms with Crippen molar-refractivity contribution < 1.29 is 32.3 Å². The number of carbonyl (C=O) groups is 3. The van der Waals surface area contributed by atoms with E-state index in [2.05, 4.69) is 5.32 Å². The van der Waals surface area contributed by atoms with E-state index in [4.69, 9.17) is 9.47 Å². The van der Waals surface area contributed by atoms with Crippen LogP contribution in [-0.4, -0.2) is 69.6 Å². The first kappa shape index (κ1) is 21.8. The molecule has 1 aliphatic rings. The number of urea groups is 1. The molecular formula is C17H23N3O7S. The van der Waals surface area contributed by atoms with Crippen molar-refractivity contribution in [1.82, 2.24) is 14.9 Å². The van der Waals surface area contributed by atoms with E-state index in [1.54, 1.807) is 6.92 Å². The summed E-state index contributed by atoms with van der Waals surface area (Å²) in [5.41, 5.74) is 0.0820. The molecule has 1 unspecified atom stereocenters. The molecule has 28 heavy (non-hydrogen) atoms. The maximum atomic E-state index is 12.6. The number of hydrogen-bond acceptors (Lipinski definition) is 7. The average molecular weight is 413 g/mol. The first-order valence-electron chi connectivity index (χ1n) is 8.73. The molecule has 1 aliphatic heterocycles. The zero-order chi connectivity index (χ0) is 20.7. The molecule has 1 atom stereocenters. The van der Waals surface area contributed by atoms with E-state index in [0.29, 0.717) is 19.8 Å². The molecule has 154 valence electrons. The molecule has 2 N–H and O–H groups in total. The predicted octanol–water partition coefficient (Wildman–Crippen LogP) is 0.0985. The molecular weight excluding hydrogens is 390 g/mol. The number of nitrogens with zero attached hydrogens (tertiary/aromatic N) is 1. The highest BCUT2D eigenvalue weighted by Crippen LogP contribution is 2.18. The highest BCUT2D eigenvalue weighted by atomic mass is 32.2. The zero-order valence-corrected chi connectivity index (χ0v) is 16.5. The van der Waals surface area contributed by atoms with Crippen LogP contribution >= 0.6 is 0 Å². The first-order chi connectivity index (χ1) is 13.3. The number of hydrogen-bond donors (Lipinski definition) is 2. The Morgan fingerprint density at radius 3 is 2.36 bits per heavy atom. The number of carbonyl (C=O) groups excluding carboxylic acids is 3. The minimum atomic E-state index is -3.67. The van der Waals surface area contributed by atoms with Crippen LogP contribution in [0.4, 0.5) is 4.79 Å². The standard InChI is InChI=1S/C17H23N3O7S/c1-3-18-17(23)19-15(21)12(2)27-16(22)13-4-6-14(7-5-13)28(24,25)20-8-10-26-11-9-20/h4-7,12H,3,8-11H2,1-2H3,(H2,18,19,21,23). The number of imide groups is 1. The fourth-order valence-corrected chi connectivity index (χ4v) is 3.81. The van der Waals surface area contributed by atoms with Crippen molar-refractivity contribution in [2.24, 2.45) is 0 Å². The van der Waals surface area contributed by atoms with E-state index in [1.807, 2.05) is 5.32 Å². The minimum Gasteiger partial charge on any atom is -0.449 e. The molecule has 1 saturated heterocycles. The van der Waals surface area contributed by atoms with Crippen LogP contribution in [0.5, 0.6) is 0 Å². The lowest BCUT2D eigenvalue weighted by molar-refractivity contribution is -0.127. The number of amides is 3. The third-order valence-corrected chi connectivity index (χ3v) is 5.84. The molecule has 1 aromatic carbocycles. The van der Waals surface area contributed by atoms with E-state index < -0.39 is 34.0 Å². The molecule has 3 amide bonds. The van der Waals surface area contributed by atoms with Crippen LogP contribution in [0, 0.1) is 0 Å². The normalized spacial score (nSPS) is 16.1. The maximum Gasteiger partial charge on any atom is 0.338 e. The van der Waals surface area contributed by atoms with Crippen molar-refractivity contribution in [1.29, 1.82) is 0 Å². The van der Waals surface area contributed by atoms with Gasteiger partial charge in [-0.3, -0.25) is 10.1 Å². The Hall–Kier alpha value is -2.50. The van der Waals surface area contributed by atoms with Crippen LogP contribution in [0.1, 0.15) is 24.2 Å². The Morgan fingerprint density at radius 1 is 1.18 bits per heavy atom. The first-order valence-corrected chi connectivity index (χ1v) is 10.2. The second-order valence-corrected chi connectivity index (χ2v) is 7.88. The van der Waals surface area contributed by atoms with Gasteiger partial charge in [0.25, 0.3) is 5.91 Å². The summed E-state index contributed by atoms with van der Waals surface area (Å²) >= 11 is 0. The fourth-order valence-electron chi connectivity index (χ4n) is 2.40. The highest BCUT2D eigenvalue weighted by Gasteiger charge is 2.27. The Morgan fingerprint density at radius 2 is 1.79 bits per heavy atom. The number of benzene rings is 1. The quantitative estimate of drug-likeness (QED) is 0.632. The van der Waals surface area contributed by atoms with Crippen molar-refractivity contribution in [2.75, 3.05) is 32.8 Å². The van der Waals surface area contributed by atoms with Gasteiger partial charge in [-0.1, -0.05) is 0 Å². The summed E-state index contributed by atoms with van der Waals surface area (Å²) in [6.45, 7) is 4.56. The molecule has 10 nitrogen and oxygen atoms in total. The summed E-state index contributed by atoms with van der Waals surface area (Å²) in [6.07, 6.45) is -1.20. The van der Waals surface area contributed by atoms with Gasteiger partial charge in [0.1, 0.15) is 0 Å². The Balaban J connectivity index is 1.99. The van der Waals surface area contributed by atoms with Crippen molar-refractivity contribution in [3.8, 4) is 0 Å². The van der Waals surface area contributed by atoms with E-state index >= 15 is 0 Å². The summed E-state index contributed by atoms with van der Waals surface area (Å²) in [5, 5.41) is 4.43.